The summed E-state index contributed by atoms with van der Waals surface area (Å²) in [6.45, 7) is 6.89. The van der Waals surface area contributed by atoms with Gasteiger partial charge in [0, 0.05) is 5.38 Å². The molecule has 0 bridgehead atoms. The van der Waals surface area contributed by atoms with Gasteiger partial charge in [0.25, 0.3) is 0 Å². The van der Waals surface area contributed by atoms with E-state index in [-0.39, 0.29) is 0 Å². The Hall–Kier alpha value is 0.290. The van der Waals surface area contributed by atoms with E-state index in [1.165, 1.54) is 12.8 Å². The van der Waals surface area contributed by atoms with Crippen LogP contribution >= 0.6 is 11.6 Å². The lowest BCUT2D eigenvalue weighted by Gasteiger charge is -2.34. The van der Waals surface area contributed by atoms with E-state index in [9.17, 15) is 0 Å². The largest absolute Gasteiger partial charge is 0.123 e. The van der Waals surface area contributed by atoms with Crippen LogP contribution in [0.1, 0.15) is 33.6 Å². The van der Waals surface area contributed by atoms with Gasteiger partial charge in [0.15, 0.2) is 0 Å². The third-order valence-electron chi connectivity index (χ3n) is 2.87. The highest BCUT2D eigenvalue weighted by atomic mass is 35.5. The van der Waals surface area contributed by atoms with E-state index in [4.69, 9.17) is 11.6 Å². The quantitative estimate of drug-likeness (QED) is 0.477. The van der Waals surface area contributed by atoms with Crippen molar-refractivity contribution < 1.29 is 0 Å². The lowest BCUT2D eigenvalue weighted by molar-refractivity contribution is 0.226. The first-order valence-corrected chi connectivity index (χ1v) is 4.69. The summed E-state index contributed by atoms with van der Waals surface area (Å²) < 4.78 is 0. The van der Waals surface area contributed by atoms with Crippen molar-refractivity contribution >= 4 is 11.6 Å². The van der Waals surface area contributed by atoms with Crippen LogP contribution in [0.5, 0.6) is 0 Å². The predicted molar refractivity (Wildman–Crippen MR) is 46.4 cm³/mol. The Morgan fingerprint density at radius 3 is 2.20 bits per heavy atom. The molecule has 0 spiro atoms. The minimum atomic E-state index is 0.429. The Morgan fingerprint density at radius 1 is 1.10 bits per heavy atom. The molecule has 4 atom stereocenters. The molecule has 1 fully saturated rings. The molecule has 0 amide bonds. The van der Waals surface area contributed by atoms with Crippen LogP contribution in [0, 0.1) is 17.8 Å². The first kappa shape index (κ1) is 8.39. The molecule has 0 aromatic heterocycles. The molecule has 0 aromatic rings. The summed E-state index contributed by atoms with van der Waals surface area (Å²) in [5.41, 5.74) is 0. The summed E-state index contributed by atoms with van der Waals surface area (Å²) in [4.78, 5) is 0. The standard InChI is InChI=1S/C9H17Cl/c1-6-4-7(2)8(3)9(10)5-6/h6-9H,4-5H2,1-3H3. The van der Waals surface area contributed by atoms with Crippen LogP contribution in [-0.4, -0.2) is 5.38 Å². The Labute approximate surface area is 69.0 Å². The van der Waals surface area contributed by atoms with Gasteiger partial charge in [-0.15, -0.1) is 11.6 Å². The number of hydrogen-bond donors (Lipinski definition) is 0. The molecule has 0 saturated heterocycles. The first-order chi connectivity index (χ1) is 4.61. The van der Waals surface area contributed by atoms with Crippen molar-refractivity contribution in [2.24, 2.45) is 17.8 Å². The van der Waals surface area contributed by atoms with Crippen LogP contribution in [0.3, 0.4) is 0 Å². The molecule has 0 aromatic carbocycles. The average molecular weight is 161 g/mol. The highest BCUT2D eigenvalue weighted by Crippen LogP contribution is 2.36. The predicted octanol–water partition coefficient (Wildman–Crippen LogP) is 3.30. The van der Waals surface area contributed by atoms with Gasteiger partial charge in [-0.3, -0.25) is 0 Å². The summed E-state index contributed by atoms with van der Waals surface area (Å²) >= 11 is 6.16. The molecule has 1 rings (SSSR count). The molecular formula is C9H17Cl. The second-order valence-electron chi connectivity index (χ2n) is 3.93. The summed E-state index contributed by atoms with van der Waals surface area (Å²) in [6.07, 6.45) is 2.58. The molecule has 0 N–H and O–H groups in total. The first-order valence-electron chi connectivity index (χ1n) is 4.25. The Kier molecular flexibility index (Phi) is 2.62. The minimum Gasteiger partial charge on any atom is -0.123 e. The normalized spacial score (nSPS) is 49.2. The molecule has 0 nitrogen and oxygen atoms in total. The summed E-state index contributed by atoms with van der Waals surface area (Å²) in [6, 6.07) is 0. The number of halogens is 1. The molecule has 60 valence electrons. The third kappa shape index (κ3) is 1.66. The van der Waals surface area contributed by atoms with Crippen molar-refractivity contribution in [1.82, 2.24) is 0 Å². The van der Waals surface area contributed by atoms with Crippen LogP contribution < -0.4 is 0 Å². The molecule has 4 unspecified atom stereocenters. The van der Waals surface area contributed by atoms with E-state index in [0.717, 1.165) is 17.8 Å². The lowest BCUT2D eigenvalue weighted by atomic mass is 9.76. The van der Waals surface area contributed by atoms with Crippen molar-refractivity contribution in [2.75, 3.05) is 0 Å². The summed E-state index contributed by atoms with van der Waals surface area (Å²) in [5.74, 6) is 2.39. The Bertz CT molecular complexity index is 99.3. The number of rotatable bonds is 0. The molecule has 0 radical (unpaired) electrons. The molecule has 10 heavy (non-hydrogen) atoms. The van der Waals surface area contributed by atoms with E-state index in [1.807, 2.05) is 0 Å². The van der Waals surface area contributed by atoms with Gasteiger partial charge in [0.1, 0.15) is 0 Å². The number of hydrogen-bond acceptors (Lipinski definition) is 0. The van der Waals surface area contributed by atoms with E-state index in [0.29, 0.717) is 5.38 Å². The maximum absolute atomic E-state index is 6.16. The van der Waals surface area contributed by atoms with Crippen LogP contribution in [0.25, 0.3) is 0 Å². The van der Waals surface area contributed by atoms with E-state index in [2.05, 4.69) is 20.8 Å². The lowest BCUT2D eigenvalue weighted by Crippen LogP contribution is -2.28. The van der Waals surface area contributed by atoms with Gasteiger partial charge < -0.3 is 0 Å². The fraction of sp³-hybridized carbons (Fsp3) is 1.00. The van der Waals surface area contributed by atoms with Gasteiger partial charge >= 0.3 is 0 Å². The van der Waals surface area contributed by atoms with Crippen molar-refractivity contribution in [3.05, 3.63) is 0 Å². The van der Waals surface area contributed by atoms with Crippen molar-refractivity contribution in [3.8, 4) is 0 Å². The van der Waals surface area contributed by atoms with Gasteiger partial charge in [-0.05, 0) is 30.6 Å². The zero-order valence-corrected chi connectivity index (χ0v) is 7.86. The molecule has 1 saturated carbocycles. The van der Waals surface area contributed by atoms with Crippen LogP contribution in [0.15, 0.2) is 0 Å². The fourth-order valence-corrected chi connectivity index (χ4v) is 2.45. The molecule has 0 aliphatic heterocycles. The maximum Gasteiger partial charge on any atom is 0.0366 e. The third-order valence-corrected chi connectivity index (χ3v) is 3.45. The van der Waals surface area contributed by atoms with Crippen molar-refractivity contribution in [3.63, 3.8) is 0 Å². The summed E-state index contributed by atoms with van der Waals surface area (Å²) in [7, 11) is 0. The minimum absolute atomic E-state index is 0.429. The molecule has 0 heterocycles. The van der Waals surface area contributed by atoms with Crippen molar-refractivity contribution in [2.45, 2.75) is 39.0 Å². The Balaban J connectivity index is 2.49. The molecule has 1 aliphatic rings. The van der Waals surface area contributed by atoms with Crippen LogP contribution in [0.4, 0.5) is 0 Å². The topological polar surface area (TPSA) is 0 Å². The maximum atomic E-state index is 6.16. The van der Waals surface area contributed by atoms with E-state index >= 15 is 0 Å². The van der Waals surface area contributed by atoms with Gasteiger partial charge in [-0.1, -0.05) is 20.8 Å². The summed E-state index contributed by atoms with van der Waals surface area (Å²) in [5, 5.41) is 0.429. The zero-order valence-electron chi connectivity index (χ0n) is 7.10. The van der Waals surface area contributed by atoms with Gasteiger partial charge in [-0.2, -0.15) is 0 Å². The van der Waals surface area contributed by atoms with Crippen LogP contribution in [0.2, 0.25) is 0 Å². The molecule has 1 aliphatic carbocycles. The Morgan fingerprint density at radius 2 is 1.70 bits per heavy atom. The second kappa shape index (κ2) is 3.13. The molecule has 1 heteroatoms. The SMILES string of the molecule is CC1CC(C)C(C)C(Cl)C1. The molecular weight excluding hydrogens is 144 g/mol. The van der Waals surface area contributed by atoms with E-state index < -0.39 is 0 Å². The highest BCUT2D eigenvalue weighted by Gasteiger charge is 2.28. The fourth-order valence-electron chi connectivity index (χ4n) is 1.90. The second-order valence-corrected chi connectivity index (χ2v) is 4.49. The van der Waals surface area contributed by atoms with Gasteiger partial charge in [0.2, 0.25) is 0 Å². The van der Waals surface area contributed by atoms with Crippen molar-refractivity contribution in [1.29, 1.82) is 0 Å². The van der Waals surface area contributed by atoms with Gasteiger partial charge in [-0.25, -0.2) is 0 Å². The van der Waals surface area contributed by atoms with E-state index in [1.54, 1.807) is 0 Å². The zero-order chi connectivity index (χ0) is 7.72. The van der Waals surface area contributed by atoms with Crippen LogP contribution in [-0.2, 0) is 0 Å². The highest BCUT2D eigenvalue weighted by molar-refractivity contribution is 6.20. The average Bonchev–Trinajstić information content (AvgIpc) is 1.82. The van der Waals surface area contributed by atoms with Gasteiger partial charge in [0.05, 0.1) is 0 Å². The smallest absolute Gasteiger partial charge is 0.0366 e. The number of alkyl halides is 1. The monoisotopic (exact) mass is 160 g/mol.